The van der Waals surface area contributed by atoms with Gasteiger partial charge < -0.3 is 18.9 Å². The normalized spacial score (nSPS) is 11.7. The standard InChI is InChI=1S/C22H26ClN3O6/c1-6-31-17-9-8-10-18(32-7-2)21(17)26(23)22(28)20(14(3)27)25-24-15-11-12-16(29-4)19(13-15)30-5/h8-13,20H,6-7H2,1-5H3. The summed E-state index contributed by atoms with van der Waals surface area (Å²) >= 11 is 6.38. The molecule has 0 saturated carbocycles. The fourth-order valence-electron chi connectivity index (χ4n) is 2.77. The van der Waals surface area contributed by atoms with Crippen LogP contribution in [0, 0.1) is 0 Å². The first-order valence-electron chi connectivity index (χ1n) is 9.89. The van der Waals surface area contributed by atoms with E-state index in [0.717, 1.165) is 4.42 Å². The SMILES string of the molecule is CCOc1cccc(OCC)c1N(Cl)C(=O)C(N=Nc1ccc(OC)c(OC)c1)C(C)=O. The molecule has 1 unspecified atom stereocenters. The molecular weight excluding hydrogens is 438 g/mol. The molecule has 2 aromatic rings. The van der Waals surface area contributed by atoms with E-state index in [1.807, 2.05) is 0 Å². The van der Waals surface area contributed by atoms with Crippen LogP contribution >= 0.6 is 11.8 Å². The number of hydrogen-bond donors (Lipinski definition) is 0. The molecule has 0 aliphatic carbocycles. The molecule has 10 heteroatoms. The van der Waals surface area contributed by atoms with Crippen LogP contribution < -0.4 is 23.4 Å². The van der Waals surface area contributed by atoms with Gasteiger partial charge in [-0.25, -0.2) is 4.42 Å². The average Bonchev–Trinajstić information content (AvgIpc) is 2.78. The number of anilines is 1. The van der Waals surface area contributed by atoms with E-state index in [2.05, 4.69) is 10.2 Å². The van der Waals surface area contributed by atoms with Crippen molar-refractivity contribution in [1.82, 2.24) is 0 Å². The second kappa shape index (κ2) is 11.9. The third kappa shape index (κ3) is 5.88. The van der Waals surface area contributed by atoms with Gasteiger partial charge in [0.2, 0.25) is 6.04 Å². The minimum atomic E-state index is -1.47. The summed E-state index contributed by atoms with van der Waals surface area (Å²) in [5.41, 5.74) is 0.558. The second-order valence-electron chi connectivity index (χ2n) is 6.36. The van der Waals surface area contributed by atoms with Crippen molar-refractivity contribution in [3.63, 3.8) is 0 Å². The van der Waals surface area contributed by atoms with Crippen LogP contribution in [0.2, 0.25) is 0 Å². The van der Waals surface area contributed by atoms with E-state index in [4.69, 9.17) is 30.7 Å². The Morgan fingerprint density at radius 3 is 2.06 bits per heavy atom. The Hall–Kier alpha value is -3.33. The zero-order valence-corrected chi connectivity index (χ0v) is 19.4. The van der Waals surface area contributed by atoms with E-state index in [9.17, 15) is 9.59 Å². The van der Waals surface area contributed by atoms with Gasteiger partial charge in [-0.2, -0.15) is 10.2 Å². The van der Waals surface area contributed by atoms with Crippen molar-refractivity contribution in [1.29, 1.82) is 0 Å². The van der Waals surface area contributed by atoms with Crippen LogP contribution in [0.5, 0.6) is 23.0 Å². The molecule has 0 aliphatic heterocycles. The fraction of sp³-hybridized carbons (Fsp3) is 0.364. The van der Waals surface area contributed by atoms with Crippen LogP contribution in [0.3, 0.4) is 0 Å². The summed E-state index contributed by atoms with van der Waals surface area (Å²) in [5.74, 6) is 0.282. The molecule has 2 aromatic carbocycles. The number of hydrogen-bond acceptors (Lipinski definition) is 8. The Bertz CT molecular complexity index is 958. The lowest BCUT2D eigenvalue weighted by atomic mass is 10.2. The summed E-state index contributed by atoms with van der Waals surface area (Å²) in [7, 11) is 2.99. The number of carbonyl (C=O) groups excluding carboxylic acids is 2. The van der Waals surface area contributed by atoms with Gasteiger partial charge in [0.15, 0.2) is 17.3 Å². The Labute approximate surface area is 192 Å². The molecule has 0 aromatic heterocycles. The number of nitrogens with zero attached hydrogens (tertiary/aromatic N) is 3. The maximum atomic E-state index is 13.1. The van der Waals surface area contributed by atoms with E-state index in [1.54, 1.807) is 50.2 Å². The number of methoxy groups -OCH3 is 2. The van der Waals surface area contributed by atoms with Crippen molar-refractivity contribution in [3.8, 4) is 23.0 Å². The average molecular weight is 464 g/mol. The predicted molar refractivity (Wildman–Crippen MR) is 121 cm³/mol. The van der Waals surface area contributed by atoms with Gasteiger partial charge in [0.1, 0.15) is 17.2 Å². The summed E-state index contributed by atoms with van der Waals surface area (Å²) in [4.78, 5) is 25.3. The molecule has 0 saturated heterocycles. The Kier molecular flexibility index (Phi) is 9.27. The van der Waals surface area contributed by atoms with E-state index in [1.165, 1.54) is 21.1 Å². The Balaban J connectivity index is 2.38. The van der Waals surface area contributed by atoms with Crippen molar-refractivity contribution >= 4 is 34.8 Å². The van der Waals surface area contributed by atoms with Crippen molar-refractivity contribution in [3.05, 3.63) is 36.4 Å². The van der Waals surface area contributed by atoms with Gasteiger partial charge in [0.25, 0.3) is 5.91 Å². The fourth-order valence-corrected chi connectivity index (χ4v) is 3.03. The van der Waals surface area contributed by atoms with Crippen LogP contribution in [0.15, 0.2) is 46.6 Å². The smallest absolute Gasteiger partial charge is 0.276 e. The van der Waals surface area contributed by atoms with Crippen LogP contribution in [-0.4, -0.2) is 45.2 Å². The molecule has 0 radical (unpaired) electrons. The van der Waals surface area contributed by atoms with Crippen LogP contribution in [-0.2, 0) is 9.59 Å². The number of para-hydroxylation sites is 1. The number of rotatable bonds is 11. The van der Waals surface area contributed by atoms with Gasteiger partial charge in [-0.3, -0.25) is 9.59 Å². The summed E-state index contributed by atoms with van der Waals surface area (Å²) in [6.45, 7) is 5.52. The van der Waals surface area contributed by atoms with E-state index < -0.39 is 17.7 Å². The largest absolute Gasteiger partial charge is 0.493 e. The number of amides is 1. The van der Waals surface area contributed by atoms with Crippen LogP contribution in [0.1, 0.15) is 20.8 Å². The molecule has 0 N–H and O–H groups in total. The molecule has 0 fully saturated rings. The predicted octanol–water partition coefficient (Wildman–Crippen LogP) is 4.73. The first-order valence-corrected chi connectivity index (χ1v) is 10.2. The van der Waals surface area contributed by atoms with Crippen molar-refractivity contribution in [2.24, 2.45) is 10.2 Å². The lowest BCUT2D eigenvalue weighted by Gasteiger charge is -2.22. The highest BCUT2D eigenvalue weighted by Crippen LogP contribution is 2.40. The minimum absolute atomic E-state index is 0.190. The first kappa shape index (κ1) is 24.9. The van der Waals surface area contributed by atoms with Gasteiger partial charge in [0, 0.05) is 17.8 Å². The highest BCUT2D eigenvalue weighted by Gasteiger charge is 2.32. The third-order valence-electron chi connectivity index (χ3n) is 4.23. The maximum absolute atomic E-state index is 13.1. The van der Waals surface area contributed by atoms with Gasteiger partial charge in [-0.1, -0.05) is 6.07 Å². The van der Waals surface area contributed by atoms with Crippen molar-refractivity contribution < 1.29 is 28.5 Å². The first-order chi connectivity index (χ1) is 15.4. The molecule has 1 amide bonds. The summed E-state index contributed by atoms with van der Waals surface area (Å²) in [6.07, 6.45) is 0. The van der Waals surface area contributed by atoms with Gasteiger partial charge >= 0.3 is 0 Å². The van der Waals surface area contributed by atoms with Gasteiger partial charge in [0.05, 0.1) is 33.1 Å². The molecule has 172 valence electrons. The maximum Gasteiger partial charge on any atom is 0.276 e. The van der Waals surface area contributed by atoms with Crippen LogP contribution in [0.4, 0.5) is 11.4 Å². The zero-order chi connectivity index (χ0) is 23.7. The number of ether oxygens (including phenoxy) is 4. The summed E-state index contributed by atoms with van der Waals surface area (Å²) < 4.78 is 22.4. The molecule has 32 heavy (non-hydrogen) atoms. The Morgan fingerprint density at radius 1 is 0.969 bits per heavy atom. The topological polar surface area (TPSA) is 99.0 Å². The minimum Gasteiger partial charge on any atom is -0.493 e. The quantitative estimate of drug-likeness (QED) is 0.271. The lowest BCUT2D eigenvalue weighted by molar-refractivity contribution is -0.126. The number of carbonyl (C=O) groups is 2. The van der Waals surface area contributed by atoms with E-state index in [0.29, 0.717) is 41.9 Å². The number of benzene rings is 2. The van der Waals surface area contributed by atoms with Crippen molar-refractivity contribution in [2.45, 2.75) is 26.8 Å². The highest BCUT2D eigenvalue weighted by molar-refractivity contribution is 6.39. The molecule has 0 bridgehead atoms. The summed E-state index contributed by atoms with van der Waals surface area (Å²) in [5, 5.41) is 7.97. The number of azo groups is 1. The molecule has 0 heterocycles. The monoisotopic (exact) mass is 463 g/mol. The molecule has 0 spiro atoms. The number of halogens is 1. The lowest BCUT2D eigenvalue weighted by Crippen LogP contribution is -2.36. The van der Waals surface area contributed by atoms with E-state index in [-0.39, 0.29) is 5.69 Å². The van der Waals surface area contributed by atoms with Crippen molar-refractivity contribution in [2.75, 3.05) is 31.9 Å². The van der Waals surface area contributed by atoms with Gasteiger partial charge in [-0.15, -0.1) is 0 Å². The molecule has 0 aliphatic rings. The summed E-state index contributed by atoms with van der Waals surface area (Å²) in [6, 6.07) is 8.37. The molecular formula is C22H26ClN3O6. The zero-order valence-electron chi connectivity index (χ0n) is 18.6. The Morgan fingerprint density at radius 2 is 1.56 bits per heavy atom. The van der Waals surface area contributed by atoms with E-state index >= 15 is 0 Å². The number of ketones is 1. The third-order valence-corrected chi connectivity index (χ3v) is 4.56. The molecule has 9 nitrogen and oxygen atoms in total. The second-order valence-corrected chi connectivity index (χ2v) is 6.69. The number of Topliss-reactive ketones (excluding diaryl/α,β-unsaturated/α-hetero) is 1. The molecule has 1 atom stereocenters. The van der Waals surface area contributed by atoms with Gasteiger partial charge in [-0.05, 0) is 45.0 Å². The molecule has 2 rings (SSSR count). The van der Waals surface area contributed by atoms with Crippen LogP contribution in [0.25, 0.3) is 0 Å². The highest BCUT2D eigenvalue weighted by atomic mass is 35.5.